The van der Waals surface area contributed by atoms with Crippen molar-refractivity contribution in [1.82, 2.24) is 20.1 Å². The number of piperazine rings is 1. The second-order valence-electron chi connectivity index (χ2n) is 11.1. The third kappa shape index (κ3) is 6.05. The lowest BCUT2D eigenvalue weighted by Gasteiger charge is -2.31. The number of aromatic nitrogens is 1. The van der Waals surface area contributed by atoms with Crippen LogP contribution in [0.15, 0.2) is 29.4 Å². The van der Waals surface area contributed by atoms with Crippen LogP contribution in [0.4, 0.5) is 9.52 Å². The van der Waals surface area contributed by atoms with Gasteiger partial charge in [0.2, 0.25) is 11.0 Å². The Labute approximate surface area is 241 Å². The fourth-order valence-corrected chi connectivity index (χ4v) is 6.41. The van der Waals surface area contributed by atoms with Gasteiger partial charge in [-0.05, 0) is 37.1 Å². The van der Waals surface area contributed by atoms with Crippen molar-refractivity contribution in [3.63, 3.8) is 0 Å². The Kier molecular flexibility index (Phi) is 8.55. The summed E-state index contributed by atoms with van der Waals surface area (Å²) in [4.78, 5) is 52.4. The highest BCUT2D eigenvalue weighted by molar-refractivity contribution is 7.14. The molecule has 0 aliphatic carbocycles. The second-order valence-corrected chi connectivity index (χ2v) is 12.0. The van der Waals surface area contributed by atoms with Gasteiger partial charge < -0.3 is 24.8 Å². The van der Waals surface area contributed by atoms with Gasteiger partial charge in [-0.3, -0.25) is 14.4 Å². The molecule has 3 fully saturated rings. The van der Waals surface area contributed by atoms with E-state index in [1.807, 2.05) is 13.8 Å². The van der Waals surface area contributed by atoms with Crippen LogP contribution >= 0.6 is 11.3 Å². The highest BCUT2D eigenvalue weighted by atomic mass is 32.1. The van der Waals surface area contributed by atoms with Crippen LogP contribution in [0.25, 0.3) is 21.7 Å². The predicted molar refractivity (Wildman–Crippen MR) is 151 cm³/mol. The Morgan fingerprint density at radius 1 is 1.24 bits per heavy atom. The zero-order valence-electron chi connectivity index (χ0n) is 23.2. The molecule has 0 spiro atoms. The van der Waals surface area contributed by atoms with Crippen molar-refractivity contribution in [2.45, 2.75) is 44.5 Å². The standard InChI is InChI=1S/C27H33FN8O4S/c1-15(2)12-18(26(39)36-13-19(32-33-29)23-22(36)20(37)14-40-23)30-25(38)17-6-4-16(5-7-17)21-24(28)41-27(31-21)35-10-8-34(3)9-11-35/h4-7,15,18-19,22-23H,8-14H2,1-3H3,(H,30,38). The molecule has 41 heavy (non-hydrogen) atoms. The number of likely N-dealkylation sites (tertiary alicyclic amines) is 1. The number of likely N-dealkylation sites (N-methyl/N-ethyl adjacent to an activating group) is 1. The van der Waals surface area contributed by atoms with Gasteiger partial charge in [0.15, 0.2) is 10.9 Å². The van der Waals surface area contributed by atoms with E-state index in [1.165, 1.54) is 4.90 Å². The first-order valence-corrected chi connectivity index (χ1v) is 14.5. The summed E-state index contributed by atoms with van der Waals surface area (Å²) >= 11 is 1.02. The van der Waals surface area contributed by atoms with Gasteiger partial charge in [0, 0.05) is 48.8 Å². The lowest BCUT2D eigenvalue weighted by atomic mass is 10.0. The molecule has 3 saturated heterocycles. The number of carbonyl (C=O) groups excluding carboxylic acids is 3. The van der Waals surface area contributed by atoms with E-state index in [4.69, 9.17) is 10.3 Å². The van der Waals surface area contributed by atoms with Gasteiger partial charge in [0.1, 0.15) is 24.4 Å². The van der Waals surface area contributed by atoms with Gasteiger partial charge in [-0.1, -0.05) is 42.4 Å². The van der Waals surface area contributed by atoms with E-state index < -0.39 is 36.0 Å². The minimum Gasteiger partial charge on any atom is -0.367 e. The minimum absolute atomic E-state index is 0.0401. The van der Waals surface area contributed by atoms with Crippen LogP contribution in [0.1, 0.15) is 30.6 Å². The Bertz CT molecular complexity index is 1350. The molecular weight excluding hydrogens is 551 g/mol. The number of anilines is 1. The molecule has 4 atom stereocenters. The van der Waals surface area contributed by atoms with Gasteiger partial charge in [-0.15, -0.1) is 0 Å². The van der Waals surface area contributed by atoms with Crippen LogP contribution < -0.4 is 10.2 Å². The number of fused-ring (bicyclic) bond motifs is 1. The van der Waals surface area contributed by atoms with E-state index in [0.29, 0.717) is 22.7 Å². The molecule has 4 unspecified atom stereocenters. The van der Waals surface area contributed by atoms with Crippen molar-refractivity contribution in [1.29, 1.82) is 0 Å². The third-order valence-corrected chi connectivity index (χ3v) is 8.62. The van der Waals surface area contributed by atoms with Crippen LogP contribution in [0.3, 0.4) is 0 Å². The van der Waals surface area contributed by atoms with E-state index in [0.717, 1.165) is 37.5 Å². The number of ketones is 1. The zero-order chi connectivity index (χ0) is 29.3. The number of thiazole rings is 1. The van der Waals surface area contributed by atoms with E-state index >= 15 is 0 Å². The summed E-state index contributed by atoms with van der Waals surface area (Å²) in [5.74, 6) is -1.08. The first-order chi connectivity index (χ1) is 19.7. The van der Waals surface area contributed by atoms with Crippen molar-refractivity contribution in [3.05, 3.63) is 45.4 Å². The summed E-state index contributed by atoms with van der Waals surface area (Å²) in [6.07, 6.45) is -0.343. The maximum atomic E-state index is 14.9. The van der Waals surface area contributed by atoms with Gasteiger partial charge in [0.25, 0.3) is 5.91 Å². The van der Waals surface area contributed by atoms with Gasteiger partial charge in [0.05, 0.1) is 12.1 Å². The van der Waals surface area contributed by atoms with Crippen LogP contribution in [-0.2, 0) is 14.3 Å². The van der Waals surface area contributed by atoms with Gasteiger partial charge in [-0.2, -0.15) is 4.39 Å². The van der Waals surface area contributed by atoms with Crippen LogP contribution in [-0.4, -0.2) is 103 Å². The summed E-state index contributed by atoms with van der Waals surface area (Å²) in [6.45, 7) is 7.09. The normalized spacial score (nSPS) is 23.4. The SMILES string of the molecule is CC(C)CC(NC(=O)c1ccc(-c2nc(N3CCN(C)CC3)sc2F)cc1)C(=O)N1CC(N=[N+]=[N-])C2OCC(=O)C21. The third-order valence-electron chi connectivity index (χ3n) is 7.72. The Balaban J connectivity index is 1.29. The fourth-order valence-electron chi connectivity index (χ4n) is 5.54. The van der Waals surface area contributed by atoms with E-state index in [9.17, 15) is 18.8 Å². The maximum Gasteiger partial charge on any atom is 0.251 e. The average Bonchev–Trinajstić information content (AvgIpc) is 3.63. The van der Waals surface area contributed by atoms with Gasteiger partial charge >= 0.3 is 0 Å². The molecule has 4 heterocycles. The topological polar surface area (TPSA) is 144 Å². The van der Waals surface area contributed by atoms with Crippen molar-refractivity contribution in [3.8, 4) is 11.3 Å². The van der Waals surface area contributed by atoms with E-state index in [1.54, 1.807) is 24.3 Å². The summed E-state index contributed by atoms with van der Waals surface area (Å²) in [7, 11) is 2.05. The number of amides is 2. The quantitative estimate of drug-likeness (QED) is 0.285. The smallest absolute Gasteiger partial charge is 0.251 e. The number of benzene rings is 1. The van der Waals surface area contributed by atoms with E-state index in [-0.39, 0.29) is 35.7 Å². The molecule has 1 aromatic carbocycles. The molecule has 2 aromatic rings. The Hall–Kier alpha value is -3.58. The lowest BCUT2D eigenvalue weighted by Crippen LogP contribution is -2.52. The van der Waals surface area contributed by atoms with Gasteiger partial charge in [-0.25, -0.2) is 4.98 Å². The fraction of sp³-hybridized carbons (Fsp3) is 0.556. The Morgan fingerprint density at radius 2 is 1.95 bits per heavy atom. The molecule has 1 aromatic heterocycles. The van der Waals surface area contributed by atoms with Crippen LogP contribution in [0, 0.1) is 11.0 Å². The number of rotatable bonds is 8. The first kappa shape index (κ1) is 28.9. The molecule has 12 nitrogen and oxygen atoms in total. The van der Waals surface area contributed by atoms with Crippen molar-refractivity contribution >= 4 is 34.1 Å². The number of halogens is 1. The number of Topliss-reactive ketones (excluding diaryl/α,β-unsaturated/α-hetero) is 1. The minimum atomic E-state index is -0.900. The van der Waals surface area contributed by atoms with Crippen molar-refractivity contribution in [2.75, 3.05) is 51.3 Å². The molecule has 218 valence electrons. The summed E-state index contributed by atoms with van der Waals surface area (Å²) in [5.41, 5.74) is 10.0. The molecule has 2 amide bonds. The number of hydrogen-bond acceptors (Lipinski definition) is 9. The molecule has 5 rings (SSSR count). The van der Waals surface area contributed by atoms with Crippen molar-refractivity contribution < 1.29 is 23.5 Å². The predicted octanol–water partition coefficient (Wildman–Crippen LogP) is 2.70. The molecule has 3 aliphatic heterocycles. The summed E-state index contributed by atoms with van der Waals surface area (Å²) < 4.78 is 20.4. The largest absolute Gasteiger partial charge is 0.367 e. The molecule has 0 saturated carbocycles. The zero-order valence-corrected chi connectivity index (χ0v) is 24.0. The highest BCUT2D eigenvalue weighted by Gasteiger charge is 2.53. The molecule has 1 N–H and O–H groups in total. The maximum absolute atomic E-state index is 14.9. The molecular formula is C27H33FN8O4S. The van der Waals surface area contributed by atoms with E-state index in [2.05, 4.69) is 37.2 Å². The number of carbonyl (C=O) groups is 3. The monoisotopic (exact) mass is 584 g/mol. The van der Waals surface area contributed by atoms with Crippen LogP contribution in [0.5, 0.6) is 0 Å². The number of nitrogens with zero attached hydrogens (tertiary/aromatic N) is 7. The number of hydrogen-bond donors (Lipinski definition) is 1. The number of nitrogens with one attached hydrogen (secondary N) is 1. The van der Waals surface area contributed by atoms with Crippen LogP contribution in [0.2, 0.25) is 0 Å². The average molecular weight is 585 g/mol. The molecule has 14 heteroatoms. The van der Waals surface area contributed by atoms with Crippen molar-refractivity contribution in [2.24, 2.45) is 11.0 Å². The number of azide groups is 1. The molecule has 0 bridgehead atoms. The second kappa shape index (κ2) is 12.1. The number of ether oxygens (including phenoxy) is 1. The summed E-state index contributed by atoms with van der Waals surface area (Å²) in [5, 5.41) is 6.80. The summed E-state index contributed by atoms with van der Waals surface area (Å²) in [6, 6.07) is 4.03. The Morgan fingerprint density at radius 3 is 2.61 bits per heavy atom. The molecule has 3 aliphatic rings. The molecule has 0 radical (unpaired) electrons. The lowest BCUT2D eigenvalue weighted by molar-refractivity contribution is -0.138. The highest BCUT2D eigenvalue weighted by Crippen LogP contribution is 2.33. The first-order valence-electron chi connectivity index (χ1n) is 13.7.